The Morgan fingerprint density at radius 1 is 1.36 bits per heavy atom. The number of carbonyl (C=O) groups is 1. The molecule has 0 fully saturated rings. The first-order valence-corrected chi connectivity index (χ1v) is 7.04. The average Bonchev–Trinajstić information content (AvgIpc) is 2.51. The van der Waals surface area contributed by atoms with Gasteiger partial charge in [0.15, 0.2) is 5.96 Å². The number of hydrogen-bond acceptors (Lipinski definition) is 3. The van der Waals surface area contributed by atoms with Crippen LogP contribution in [-0.2, 0) is 16.0 Å². The van der Waals surface area contributed by atoms with Crippen molar-refractivity contribution in [2.24, 2.45) is 16.6 Å². The number of rotatable bonds is 8. The molecule has 1 unspecified atom stereocenters. The minimum absolute atomic E-state index is 0.305. The van der Waals surface area contributed by atoms with E-state index in [0.717, 1.165) is 5.56 Å². The molecule has 6 nitrogen and oxygen atoms in total. The summed E-state index contributed by atoms with van der Waals surface area (Å²) in [5, 5.41) is 6.10. The minimum atomic E-state index is -0.413. The maximum Gasteiger partial charge on any atom is 0.222 e. The van der Waals surface area contributed by atoms with Crippen molar-refractivity contribution in [3.05, 3.63) is 35.6 Å². The van der Waals surface area contributed by atoms with Gasteiger partial charge in [0.25, 0.3) is 0 Å². The molecule has 0 heterocycles. The quantitative estimate of drug-likeness (QED) is 0.366. The SMILES string of the molecule is CN=C(NCCOC)NCC(Cc1ccc(F)cc1)C(N)=O. The summed E-state index contributed by atoms with van der Waals surface area (Å²) < 4.78 is 17.8. The third-order valence-electron chi connectivity index (χ3n) is 3.14. The molecule has 7 heteroatoms. The van der Waals surface area contributed by atoms with Gasteiger partial charge in [-0.3, -0.25) is 9.79 Å². The van der Waals surface area contributed by atoms with Crippen LogP contribution in [0, 0.1) is 11.7 Å². The lowest BCUT2D eigenvalue weighted by Crippen LogP contribution is -2.43. The number of nitrogens with zero attached hydrogens (tertiary/aromatic N) is 1. The molecule has 0 spiro atoms. The molecule has 22 heavy (non-hydrogen) atoms. The zero-order chi connectivity index (χ0) is 16.4. The summed E-state index contributed by atoms with van der Waals surface area (Å²) >= 11 is 0. The van der Waals surface area contributed by atoms with Gasteiger partial charge in [-0.05, 0) is 24.1 Å². The van der Waals surface area contributed by atoms with Crippen molar-refractivity contribution >= 4 is 11.9 Å². The van der Waals surface area contributed by atoms with Crippen molar-refractivity contribution in [3.63, 3.8) is 0 Å². The number of aliphatic imine (C=N–C) groups is 1. The van der Waals surface area contributed by atoms with Crippen molar-refractivity contribution in [1.82, 2.24) is 10.6 Å². The molecule has 1 aromatic rings. The molecule has 1 rings (SSSR count). The number of carbonyl (C=O) groups excluding carboxylic acids is 1. The number of primary amides is 1. The van der Waals surface area contributed by atoms with Crippen LogP contribution in [0.5, 0.6) is 0 Å². The molecule has 1 amide bonds. The topological polar surface area (TPSA) is 88.7 Å². The van der Waals surface area contributed by atoms with Gasteiger partial charge < -0.3 is 21.1 Å². The molecule has 0 saturated heterocycles. The van der Waals surface area contributed by atoms with Crippen LogP contribution in [0.4, 0.5) is 4.39 Å². The molecule has 0 bridgehead atoms. The van der Waals surface area contributed by atoms with E-state index in [1.165, 1.54) is 12.1 Å². The van der Waals surface area contributed by atoms with Gasteiger partial charge >= 0.3 is 0 Å². The first kappa shape index (κ1) is 17.9. The Balaban J connectivity index is 2.53. The van der Waals surface area contributed by atoms with E-state index in [0.29, 0.717) is 32.1 Å². The van der Waals surface area contributed by atoms with Gasteiger partial charge in [0.2, 0.25) is 5.91 Å². The number of hydrogen-bond donors (Lipinski definition) is 3. The van der Waals surface area contributed by atoms with E-state index in [9.17, 15) is 9.18 Å². The first-order chi connectivity index (χ1) is 10.6. The summed E-state index contributed by atoms with van der Waals surface area (Å²) in [5.74, 6) is -0.557. The van der Waals surface area contributed by atoms with E-state index in [1.807, 2.05) is 0 Å². The Bertz CT molecular complexity index is 491. The second-order valence-corrected chi connectivity index (χ2v) is 4.80. The van der Waals surface area contributed by atoms with Crippen LogP contribution in [0.3, 0.4) is 0 Å². The van der Waals surface area contributed by atoms with E-state index in [4.69, 9.17) is 10.5 Å². The summed E-state index contributed by atoms with van der Waals surface area (Å²) in [5.41, 5.74) is 6.29. The molecule has 0 aromatic heterocycles. The summed E-state index contributed by atoms with van der Waals surface area (Å²) in [6, 6.07) is 6.03. The largest absolute Gasteiger partial charge is 0.383 e. The van der Waals surface area contributed by atoms with Crippen LogP contribution in [0.15, 0.2) is 29.3 Å². The Hall–Kier alpha value is -2.15. The molecule has 4 N–H and O–H groups in total. The summed E-state index contributed by atoms with van der Waals surface area (Å²) in [4.78, 5) is 15.6. The zero-order valence-electron chi connectivity index (χ0n) is 12.9. The standard InChI is InChI=1S/C15H23FN4O2/c1-18-15(19-7-8-22-2)20-10-12(14(17)21)9-11-3-5-13(16)6-4-11/h3-6,12H,7-10H2,1-2H3,(H2,17,21)(H2,18,19,20). The predicted octanol–water partition coefficient (Wildman–Crippen LogP) is 0.281. The van der Waals surface area contributed by atoms with E-state index in [-0.39, 0.29) is 5.82 Å². The number of halogens is 1. The highest BCUT2D eigenvalue weighted by molar-refractivity contribution is 5.81. The van der Waals surface area contributed by atoms with Crippen LogP contribution >= 0.6 is 0 Å². The van der Waals surface area contributed by atoms with Gasteiger partial charge in [-0.15, -0.1) is 0 Å². The number of methoxy groups -OCH3 is 1. The molecule has 0 aliphatic carbocycles. The van der Waals surface area contributed by atoms with Crippen molar-refractivity contribution in [1.29, 1.82) is 0 Å². The smallest absolute Gasteiger partial charge is 0.222 e. The fraction of sp³-hybridized carbons (Fsp3) is 0.467. The van der Waals surface area contributed by atoms with E-state index >= 15 is 0 Å². The Labute approximate surface area is 129 Å². The van der Waals surface area contributed by atoms with Crippen molar-refractivity contribution in [2.75, 3.05) is 33.9 Å². The fourth-order valence-corrected chi connectivity index (χ4v) is 1.89. The lowest BCUT2D eigenvalue weighted by molar-refractivity contribution is -0.121. The Kier molecular flexibility index (Phi) is 7.91. The van der Waals surface area contributed by atoms with Crippen molar-refractivity contribution in [2.45, 2.75) is 6.42 Å². The van der Waals surface area contributed by atoms with Gasteiger partial charge in [0.1, 0.15) is 5.82 Å². The van der Waals surface area contributed by atoms with Crippen LogP contribution in [-0.4, -0.2) is 45.7 Å². The van der Waals surface area contributed by atoms with Crippen molar-refractivity contribution in [3.8, 4) is 0 Å². The van der Waals surface area contributed by atoms with Gasteiger partial charge in [0.05, 0.1) is 12.5 Å². The number of nitrogens with two attached hydrogens (primary N) is 1. The molecule has 0 saturated carbocycles. The molecule has 122 valence electrons. The third-order valence-corrected chi connectivity index (χ3v) is 3.14. The molecule has 0 aliphatic rings. The third kappa shape index (κ3) is 6.53. The molecule has 1 aromatic carbocycles. The van der Waals surface area contributed by atoms with Gasteiger partial charge in [-0.1, -0.05) is 12.1 Å². The zero-order valence-corrected chi connectivity index (χ0v) is 12.9. The molecule has 1 atom stereocenters. The second kappa shape index (κ2) is 9.73. The lowest BCUT2D eigenvalue weighted by atomic mass is 9.98. The lowest BCUT2D eigenvalue weighted by Gasteiger charge is -2.17. The first-order valence-electron chi connectivity index (χ1n) is 7.04. The maximum atomic E-state index is 12.9. The van der Waals surface area contributed by atoms with E-state index in [2.05, 4.69) is 15.6 Å². The number of guanidine groups is 1. The number of ether oxygens (including phenoxy) is 1. The summed E-state index contributed by atoms with van der Waals surface area (Å²) in [6.45, 7) is 1.50. The van der Waals surface area contributed by atoms with Crippen LogP contribution in [0.1, 0.15) is 5.56 Å². The molecule has 0 aliphatic heterocycles. The Morgan fingerprint density at radius 3 is 2.59 bits per heavy atom. The molecular weight excluding hydrogens is 287 g/mol. The highest BCUT2D eigenvalue weighted by Gasteiger charge is 2.16. The number of amides is 1. The fourth-order valence-electron chi connectivity index (χ4n) is 1.89. The van der Waals surface area contributed by atoms with Gasteiger partial charge in [-0.2, -0.15) is 0 Å². The predicted molar refractivity (Wildman–Crippen MR) is 84.0 cm³/mol. The van der Waals surface area contributed by atoms with Crippen LogP contribution in [0.25, 0.3) is 0 Å². The second-order valence-electron chi connectivity index (χ2n) is 4.80. The van der Waals surface area contributed by atoms with Crippen molar-refractivity contribution < 1.29 is 13.9 Å². The monoisotopic (exact) mass is 310 g/mol. The molecular formula is C15H23FN4O2. The normalized spacial score (nSPS) is 12.8. The van der Waals surface area contributed by atoms with Crippen LogP contribution < -0.4 is 16.4 Å². The maximum absolute atomic E-state index is 12.9. The minimum Gasteiger partial charge on any atom is -0.383 e. The highest BCUT2D eigenvalue weighted by atomic mass is 19.1. The van der Waals surface area contributed by atoms with Gasteiger partial charge in [-0.25, -0.2) is 4.39 Å². The summed E-state index contributed by atoms with van der Waals surface area (Å²) in [6.07, 6.45) is 0.442. The summed E-state index contributed by atoms with van der Waals surface area (Å²) in [7, 11) is 3.26. The number of benzene rings is 1. The van der Waals surface area contributed by atoms with E-state index < -0.39 is 11.8 Å². The highest BCUT2D eigenvalue weighted by Crippen LogP contribution is 2.09. The van der Waals surface area contributed by atoms with E-state index in [1.54, 1.807) is 26.3 Å². The average molecular weight is 310 g/mol. The molecule has 0 radical (unpaired) electrons. The van der Waals surface area contributed by atoms with Gasteiger partial charge in [0, 0.05) is 27.2 Å². The van der Waals surface area contributed by atoms with Crippen LogP contribution in [0.2, 0.25) is 0 Å². The Morgan fingerprint density at radius 2 is 2.05 bits per heavy atom. The number of nitrogens with one attached hydrogen (secondary N) is 2.